The minimum absolute atomic E-state index is 0. The van der Waals surface area contributed by atoms with Crippen molar-refractivity contribution in [2.45, 2.75) is 64.5 Å². The van der Waals surface area contributed by atoms with Crippen LogP contribution in [0.25, 0.3) is 0 Å². The summed E-state index contributed by atoms with van der Waals surface area (Å²) in [7, 11) is 1.56. The summed E-state index contributed by atoms with van der Waals surface area (Å²) in [5.41, 5.74) is 0.961. The third-order valence-corrected chi connectivity index (χ3v) is 6.18. The standard InChI is InChI=1S/C23H38N4O2.HI/c1-3-24-23(25-16-19-9-10-22(29-2)21(28)15-19)26-20-11-13-27(14-12-20)17-18-7-5-4-6-8-18;/h9-10,15,18,20,28H,3-8,11-14,16-17H2,1-2H3,(H2,24,25,26);1H. The van der Waals surface area contributed by atoms with Gasteiger partial charge >= 0.3 is 0 Å². The van der Waals surface area contributed by atoms with Gasteiger partial charge in [0.15, 0.2) is 17.5 Å². The Bertz CT molecular complexity index is 657. The second-order valence-corrected chi connectivity index (χ2v) is 8.42. The number of ether oxygens (including phenoxy) is 1. The van der Waals surface area contributed by atoms with E-state index in [1.165, 1.54) is 64.6 Å². The highest BCUT2D eigenvalue weighted by molar-refractivity contribution is 14.0. The normalized spacial score (nSPS) is 19.2. The number of hydrogen-bond donors (Lipinski definition) is 3. The van der Waals surface area contributed by atoms with Gasteiger partial charge in [-0.1, -0.05) is 25.3 Å². The van der Waals surface area contributed by atoms with Crippen LogP contribution in [0.2, 0.25) is 0 Å². The quantitative estimate of drug-likeness (QED) is 0.281. The summed E-state index contributed by atoms with van der Waals surface area (Å²) in [5, 5.41) is 16.9. The van der Waals surface area contributed by atoms with E-state index in [1.807, 2.05) is 6.07 Å². The van der Waals surface area contributed by atoms with Gasteiger partial charge in [0, 0.05) is 32.2 Å². The zero-order valence-electron chi connectivity index (χ0n) is 18.5. The molecule has 30 heavy (non-hydrogen) atoms. The molecule has 2 aliphatic rings. The van der Waals surface area contributed by atoms with Gasteiger partial charge in [0.25, 0.3) is 0 Å². The van der Waals surface area contributed by atoms with Crippen LogP contribution < -0.4 is 15.4 Å². The predicted molar refractivity (Wildman–Crippen MR) is 134 cm³/mol. The zero-order valence-corrected chi connectivity index (χ0v) is 20.9. The van der Waals surface area contributed by atoms with Gasteiger partial charge in [0.2, 0.25) is 0 Å². The molecule has 1 saturated carbocycles. The third-order valence-electron chi connectivity index (χ3n) is 6.18. The molecule has 3 N–H and O–H groups in total. The maximum absolute atomic E-state index is 9.95. The van der Waals surface area contributed by atoms with E-state index in [0.717, 1.165) is 24.0 Å². The number of methoxy groups -OCH3 is 1. The fraction of sp³-hybridized carbons (Fsp3) is 0.696. The number of phenolic OH excluding ortho intramolecular Hbond substituents is 1. The number of likely N-dealkylation sites (tertiary alicyclic amines) is 1. The third kappa shape index (κ3) is 7.80. The average Bonchev–Trinajstić information content (AvgIpc) is 2.74. The van der Waals surface area contributed by atoms with Gasteiger partial charge in [0.05, 0.1) is 13.7 Å². The van der Waals surface area contributed by atoms with Crippen LogP contribution in [-0.4, -0.2) is 55.3 Å². The molecule has 1 aliphatic carbocycles. The molecule has 1 aromatic carbocycles. The molecule has 0 aromatic heterocycles. The van der Waals surface area contributed by atoms with Crippen LogP contribution in [0.4, 0.5) is 0 Å². The minimum atomic E-state index is 0. The summed E-state index contributed by atoms with van der Waals surface area (Å²) in [4.78, 5) is 7.38. The summed E-state index contributed by atoms with van der Waals surface area (Å²) in [6, 6.07) is 5.91. The van der Waals surface area contributed by atoms with Crippen molar-refractivity contribution in [3.05, 3.63) is 23.8 Å². The molecule has 0 radical (unpaired) electrons. The lowest BCUT2D eigenvalue weighted by Gasteiger charge is -2.36. The number of nitrogens with one attached hydrogen (secondary N) is 2. The summed E-state index contributed by atoms with van der Waals surface area (Å²) in [5.74, 6) is 2.42. The lowest BCUT2D eigenvalue weighted by molar-refractivity contribution is 0.160. The fourth-order valence-electron chi connectivity index (χ4n) is 4.51. The van der Waals surface area contributed by atoms with E-state index in [9.17, 15) is 5.11 Å². The number of guanidine groups is 1. The van der Waals surface area contributed by atoms with Gasteiger partial charge < -0.3 is 25.4 Å². The number of aromatic hydroxyl groups is 1. The number of phenols is 1. The van der Waals surface area contributed by atoms with Crippen molar-refractivity contribution >= 4 is 29.9 Å². The Balaban J connectivity index is 0.00000320. The van der Waals surface area contributed by atoms with Crippen molar-refractivity contribution in [3.8, 4) is 11.5 Å². The summed E-state index contributed by atoms with van der Waals surface area (Å²) in [6.45, 7) is 7.10. The Hall–Kier alpha value is -1.22. The molecule has 7 heteroatoms. The Morgan fingerprint density at radius 3 is 2.53 bits per heavy atom. The maximum Gasteiger partial charge on any atom is 0.191 e. The molecule has 1 saturated heterocycles. The zero-order chi connectivity index (χ0) is 20.5. The van der Waals surface area contributed by atoms with Gasteiger partial charge in [-0.3, -0.25) is 0 Å². The van der Waals surface area contributed by atoms with E-state index in [-0.39, 0.29) is 29.7 Å². The number of piperidine rings is 1. The molecular weight excluding hydrogens is 491 g/mol. The van der Waals surface area contributed by atoms with Crippen molar-refractivity contribution < 1.29 is 9.84 Å². The van der Waals surface area contributed by atoms with Gasteiger partial charge in [0.1, 0.15) is 0 Å². The van der Waals surface area contributed by atoms with Crippen LogP contribution in [0.3, 0.4) is 0 Å². The minimum Gasteiger partial charge on any atom is -0.504 e. The smallest absolute Gasteiger partial charge is 0.191 e. The van der Waals surface area contributed by atoms with E-state index in [0.29, 0.717) is 18.3 Å². The number of aliphatic imine (C=N–C) groups is 1. The van der Waals surface area contributed by atoms with Crippen LogP contribution >= 0.6 is 24.0 Å². The second-order valence-electron chi connectivity index (χ2n) is 8.42. The molecule has 0 amide bonds. The van der Waals surface area contributed by atoms with E-state index < -0.39 is 0 Å². The van der Waals surface area contributed by atoms with E-state index in [2.05, 4.69) is 22.5 Å². The van der Waals surface area contributed by atoms with Crippen molar-refractivity contribution in [2.24, 2.45) is 10.9 Å². The molecule has 0 unspecified atom stereocenters. The number of nitrogens with zero attached hydrogens (tertiary/aromatic N) is 2. The Morgan fingerprint density at radius 2 is 1.90 bits per heavy atom. The van der Waals surface area contributed by atoms with Crippen molar-refractivity contribution in [2.75, 3.05) is 33.3 Å². The molecular formula is C23H39IN4O2. The fourth-order valence-corrected chi connectivity index (χ4v) is 4.51. The molecule has 0 atom stereocenters. The average molecular weight is 530 g/mol. The summed E-state index contributed by atoms with van der Waals surface area (Å²) in [6.07, 6.45) is 9.48. The highest BCUT2D eigenvalue weighted by Gasteiger charge is 2.23. The molecule has 0 bridgehead atoms. The topological polar surface area (TPSA) is 69.1 Å². The van der Waals surface area contributed by atoms with E-state index >= 15 is 0 Å². The second kappa shape index (κ2) is 13.2. The molecule has 170 valence electrons. The first-order chi connectivity index (χ1) is 14.2. The molecule has 1 aliphatic heterocycles. The number of halogens is 1. The van der Waals surface area contributed by atoms with Crippen molar-refractivity contribution in [1.29, 1.82) is 0 Å². The highest BCUT2D eigenvalue weighted by atomic mass is 127. The summed E-state index contributed by atoms with van der Waals surface area (Å²) < 4.78 is 5.11. The van der Waals surface area contributed by atoms with Crippen molar-refractivity contribution in [1.82, 2.24) is 15.5 Å². The maximum atomic E-state index is 9.95. The Kier molecular flexibility index (Phi) is 11.1. The van der Waals surface area contributed by atoms with Crippen LogP contribution in [0, 0.1) is 5.92 Å². The first-order valence-electron chi connectivity index (χ1n) is 11.3. The van der Waals surface area contributed by atoms with Crippen molar-refractivity contribution in [3.63, 3.8) is 0 Å². The van der Waals surface area contributed by atoms with Gasteiger partial charge in [-0.05, 0) is 56.2 Å². The molecule has 6 nitrogen and oxygen atoms in total. The van der Waals surface area contributed by atoms with Crippen LogP contribution in [0.15, 0.2) is 23.2 Å². The van der Waals surface area contributed by atoms with Crippen LogP contribution in [-0.2, 0) is 6.54 Å². The van der Waals surface area contributed by atoms with E-state index in [4.69, 9.17) is 9.73 Å². The monoisotopic (exact) mass is 530 g/mol. The molecule has 3 rings (SSSR count). The van der Waals surface area contributed by atoms with Gasteiger partial charge in [-0.15, -0.1) is 24.0 Å². The van der Waals surface area contributed by atoms with Gasteiger partial charge in [-0.2, -0.15) is 0 Å². The molecule has 2 fully saturated rings. The van der Waals surface area contributed by atoms with Crippen LogP contribution in [0.1, 0.15) is 57.4 Å². The Morgan fingerprint density at radius 1 is 1.17 bits per heavy atom. The lowest BCUT2D eigenvalue weighted by Crippen LogP contribution is -2.49. The van der Waals surface area contributed by atoms with Gasteiger partial charge in [-0.25, -0.2) is 4.99 Å². The largest absolute Gasteiger partial charge is 0.504 e. The number of rotatable bonds is 7. The number of benzene rings is 1. The van der Waals surface area contributed by atoms with Crippen LogP contribution in [0.5, 0.6) is 11.5 Å². The first-order valence-corrected chi connectivity index (χ1v) is 11.3. The summed E-state index contributed by atoms with van der Waals surface area (Å²) >= 11 is 0. The predicted octanol–water partition coefficient (Wildman–Crippen LogP) is 4.12. The first kappa shape index (κ1) is 25.0. The Labute approximate surface area is 198 Å². The molecule has 1 heterocycles. The lowest BCUT2D eigenvalue weighted by atomic mass is 9.88. The number of hydrogen-bond acceptors (Lipinski definition) is 4. The SMILES string of the molecule is CCNC(=NCc1ccc(OC)c(O)c1)NC1CCN(CC2CCCCC2)CC1.I. The molecule has 1 aromatic rings. The molecule has 0 spiro atoms. The van der Waals surface area contributed by atoms with E-state index in [1.54, 1.807) is 19.2 Å². The highest BCUT2D eigenvalue weighted by Crippen LogP contribution is 2.27.